The van der Waals surface area contributed by atoms with E-state index in [4.69, 9.17) is 5.73 Å². The van der Waals surface area contributed by atoms with Crippen molar-refractivity contribution in [2.24, 2.45) is 0 Å². The van der Waals surface area contributed by atoms with Crippen LogP contribution in [0, 0.1) is 0 Å². The Bertz CT molecular complexity index is 308. The van der Waals surface area contributed by atoms with Crippen LogP contribution < -0.4 is 5.73 Å². The molecule has 0 spiro atoms. The first kappa shape index (κ1) is 9.76. The van der Waals surface area contributed by atoms with Crippen LogP contribution in [0.2, 0.25) is 0 Å². The van der Waals surface area contributed by atoms with E-state index >= 15 is 0 Å². The van der Waals surface area contributed by atoms with Crippen molar-refractivity contribution < 1.29 is 13.2 Å². The second-order valence-electron chi connectivity index (χ2n) is 2.45. The molecule has 1 heterocycles. The van der Waals surface area contributed by atoms with E-state index in [1.165, 1.54) is 0 Å². The van der Waals surface area contributed by atoms with Gasteiger partial charge in [-0.15, -0.1) is 0 Å². The molecule has 0 aliphatic carbocycles. The van der Waals surface area contributed by atoms with E-state index in [1.54, 1.807) is 6.92 Å². The highest BCUT2D eigenvalue weighted by molar-refractivity contribution is 5.27. The zero-order valence-electron chi connectivity index (χ0n) is 6.89. The number of rotatable bonds is 1. The lowest BCUT2D eigenvalue weighted by Gasteiger charge is -2.09. The van der Waals surface area contributed by atoms with E-state index < -0.39 is 11.9 Å². The van der Waals surface area contributed by atoms with Gasteiger partial charge >= 0.3 is 6.18 Å². The smallest absolute Gasteiger partial charge is 0.368 e. The van der Waals surface area contributed by atoms with E-state index in [9.17, 15) is 13.2 Å². The van der Waals surface area contributed by atoms with Crippen molar-refractivity contribution in [3.8, 4) is 0 Å². The molecular formula is C7H8F3N3. The molecular weight excluding hydrogens is 183 g/mol. The standard InChI is InChI=1S/C7H8F3N3/c1-2-4-3-12-6(11)13-5(4)7(8,9)10/h3H,2H2,1H3,(H2,11,12,13). The van der Waals surface area contributed by atoms with E-state index in [-0.39, 0.29) is 17.9 Å². The van der Waals surface area contributed by atoms with Gasteiger partial charge in [-0.2, -0.15) is 13.2 Å². The number of hydrogen-bond acceptors (Lipinski definition) is 3. The highest BCUT2D eigenvalue weighted by atomic mass is 19.4. The number of aryl methyl sites for hydroxylation is 1. The van der Waals surface area contributed by atoms with Gasteiger partial charge in [0.2, 0.25) is 5.95 Å². The maximum Gasteiger partial charge on any atom is 0.433 e. The van der Waals surface area contributed by atoms with Crippen LogP contribution in [0.5, 0.6) is 0 Å². The molecule has 13 heavy (non-hydrogen) atoms. The Balaban J connectivity index is 3.24. The number of nitrogens with zero attached hydrogens (tertiary/aromatic N) is 2. The number of hydrogen-bond donors (Lipinski definition) is 1. The zero-order valence-corrected chi connectivity index (χ0v) is 6.89. The van der Waals surface area contributed by atoms with Crippen LogP contribution in [0.1, 0.15) is 18.2 Å². The van der Waals surface area contributed by atoms with Crippen molar-refractivity contribution in [3.05, 3.63) is 17.5 Å². The molecule has 1 aromatic heterocycles. The van der Waals surface area contributed by atoms with Crippen LogP contribution in [0.25, 0.3) is 0 Å². The third-order valence-electron chi connectivity index (χ3n) is 1.53. The molecule has 0 aliphatic rings. The minimum absolute atomic E-state index is 0.0571. The largest absolute Gasteiger partial charge is 0.433 e. The minimum atomic E-state index is -4.46. The average Bonchev–Trinajstić information content (AvgIpc) is 2.03. The van der Waals surface area contributed by atoms with Gasteiger partial charge in [-0.1, -0.05) is 6.92 Å². The van der Waals surface area contributed by atoms with Crippen LogP contribution in [-0.2, 0) is 12.6 Å². The van der Waals surface area contributed by atoms with Crippen molar-refractivity contribution in [3.63, 3.8) is 0 Å². The first-order valence-corrected chi connectivity index (χ1v) is 3.63. The second kappa shape index (κ2) is 3.20. The van der Waals surface area contributed by atoms with Crippen LogP contribution in [0.3, 0.4) is 0 Å². The third kappa shape index (κ3) is 2.07. The lowest BCUT2D eigenvalue weighted by atomic mass is 10.2. The molecule has 0 amide bonds. The Kier molecular flexibility index (Phi) is 2.40. The molecule has 0 aromatic carbocycles. The lowest BCUT2D eigenvalue weighted by Crippen LogP contribution is -2.14. The molecule has 0 unspecified atom stereocenters. The molecule has 3 nitrogen and oxygen atoms in total. The summed E-state index contributed by atoms with van der Waals surface area (Å²) in [5.74, 6) is -0.357. The Morgan fingerprint density at radius 3 is 2.54 bits per heavy atom. The number of aromatic nitrogens is 2. The molecule has 0 saturated carbocycles. The summed E-state index contributed by atoms with van der Waals surface area (Å²) in [6, 6.07) is 0. The average molecular weight is 191 g/mol. The summed E-state index contributed by atoms with van der Waals surface area (Å²) in [4.78, 5) is 6.65. The van der Waals surface area contributed by atoms with Gasteiger partial charge in [0.15, 0.2) is 5.69 Å². The van der Waals surface area contributed by atoms with Gasteiger partial charge < -0.3 is 5.73 Å². The summed E-state index contributed by atoms with van der Waals surface area (Å²) < 4.78 is 36.8. The summed E-state index contributed by atoms with van der Waals surface area (Å²) in [7, 11) is 0. The first-order valence-electron chi connectivity index (χ1n) is 3.63. The number of halogens is 3. The Morgan fingerprint density at radius 2 is 2.08 bits per heavy atom. The Labute approximate surface area is 72.8 Å². The molecule has 1 rings (SSSR count). The van der Waals surface area contributed by atoms with Gasteiger partial charge in [-0.3, -0.25) is 0 Å². The molecule has 0 saturated heterocycles. The fourth-order valence-corrected chi connectivity index (χ4v) is 0.925. The fraction of sp³-hybridized carbons (Fsp3) is 0.429. The maximum atomic E-state index is 12.3. The van der Waals surface area contributed by atoms with E-state index in [1.807, 2.05) is 0 Å². The predicted molar refractivity (Wildman–Crippen MR) is 40.8 cm³/mol. The number of alkyl halides is 3. The predicted octanol–water partition coefficient (Wildman–Crippen LogP) is 1.64. The van der Waals surface area contributed by atoms with Crippen molar-refractivity contribution in [1.82, 2.24) is 9.97 Å². The summed E-state index contributed by atoms with van der Waals surface area (Å²) in [5.41, 5.74) is 4.17. The summed E-state index contributed by atoms with van der Waals surface area (Å²) in [6.45, 7) is 1.60. The molecule has 6 heteroatoms. The SMILES string of the molecule is CCc1cnc(N)nc1C(F)(F)F. The van der Waals surface area contributed by atoms with Crippen LogP contribution in [0.4, 0.5) is 19.1 Å². The summed E-state index contributed by atoms with van der Waals surface area (Å²) >= 11 is 0. The second-order valence-corrected chi connectivity index (χ2v) is 2.45. The van der Waals surface area contributed by atoms with Crippen molar-refractivity contribution in [2.45, 2.75) is 19.5 Å². The van der Waals surface area contributed by atoms with Gasteiger partial charge in [-0.25, -0.2) is 9.97 Å². The van der Waals surface area contributed by atoms with Gasteiger partial charge in [0.25, 0.3) is 0 Å². The summed E-state index contributed by atoms with van der Waals surface area (Å²) in [5, 5.41) is 0. The molecule has 72 valence electrons. The monoisotopic (exact) mass is 191 g/mol. The summed E-state index contributed by atoms with van der Waals surface area (Å²) in [6.07, 6.45) is -3.12. The van der Waals surface area contributed by atoms with Crippen molar-refractivity contribution >= 4 is 5.95 Å². The van der Waals surface area contributed by atoms with E-state index in [2.05, 4.69) is 9.97 Å². The maximum absolute atomic E-state index is 12.3. The van der Waals surface area contributed by atoms with Crippen molar-refractivity contribution in [2.75, 3.05) is 5.73 Å². The quantitative estimate of drug-likeness (QED) is 0.734. The molecule has 1 aromatic rings. The number of nitrogen functional groups attached to an aromatic ring is 1. The minimum Gasteiger partial charge on any atom is -0.368 e. The van der Waals surface area contributed by atoms with E-state index in [0.717, 1.165) is 6.20 Å². The van der Waals surface area contributed by atoms with Crippen LogP contribution >= 0.6 is 0 Å². The molecule has 0 fully saturated rings. The van der Waals surface area contributed by atoms with Gasteiger partial charge in [0.1, 0.15) is 0 Å². The Hall–Kier alpha value is -1.33. The number of nitrogens with two attached hydrogens (primary N) is 1. The Morgan fingerprint density at radius 1 is 1.46 bits per heavy atom. The van der Waals surface area contributed by atoms with Gasteiger partial charge in [-0.05, 0) is 6.42 Å². The molecule has 0 bridgehead atoms. The van der Waals surface area contributed by atoms with Crippen LogP contribution in [-0.4, -0.2) is 9.97 Å². The lowest BCUT2D eigenvalue weighted by molar-refractivity contribution is -0.141. The van der Waals surface area contributed by atoms with E-state index in [0.29, 0.717) is 0 Å². The fourth-order valence-electron chi connectivity index (χ4n) is 0.925. The number of anilines is 1. The zero-order chi connectivity index (χ0) is 10.1. The molecule has 0 radical (unpaired) electrons. The molecule has 0 atom stereocenters. The normalized spacial score (nSPS) is 11.7. The topological polar surface area (TPSA) is 51.8 Å². The van der Waals surface area contributed by atoms with Crippen molar-refractivity contribution in [1.29, 1.82) is 0 Å². The first-order chi connectivity index (χ1) is 5.95. The molecule has 0 aliphatic heterocycles. The van der Waals surface area contributed by atoms with Crippen LogP contribution in [0.15, 0.2) is 6.20 Å². The third-order valence-corrected chi connectivity index (χ3v) is 1.53. The highest BCUT2D eigenvalue weighted by Gasteiger charge is 2.35. The van der Waals surface area contributed by atoms with Gasteiger partial charge in [0.05, 0.1) is 0 Å². The molecule has 2 N–H and O–H groups in total. The van der Waals surface area contributed by atoms with Gasteiger partial charge in [0, 0.05) is 11.8 Å². The highest BCUT2D eigenvalue weighted by Crippen LogP contribution is 2.30.